The predicted molar refractivity (Wildman–Crippen MR) is 133 cm³/mol. The molecule has 1 aromatic carbocycles. The fourth-order valence-corrected chi connectivity index (χ4v) is 3.98. The average molecular weight is 511 g/mol. The lowest BCUT2D eigenvalue weighted by molar-refractivity contribution is -0.137. The van der Waals surface area contributed by atoms with Crippen molar-refractivity contribution in [3.8, 4) is 18.0 Å². The number of aromatic nitrogens is 5. The van der Waals surface area contributed by atoms with Crippen molar-refractivity contribution in [3.05, 3.63) is 55.8 Å². The summed E-state index contributed by atoms with van der Waals surface area (Å²) in [6, 6.07) is 7.75. The summed E-state index contributed by atoms with van der Waals surface area (Å²) in [7, 11) is 0. The summed E-state index contributed by atoms with van der Waals surface area (Å²) in [6.07, 6.45) is 4.48. The van der Waals surface area contributed by atoms with Crippen molar-refractivity contribution >= 4 is 28.7 Å². The van der Waals surface area contributed by atoms with Crippen LogP contribution in [0.3, 0.4) is 0 Å². The highest BCUT2D eigenvalue weighted by atomic mass is 32.2. The molecule has 2 aromatic heterocycles. The topological polar surface area (TPSA) is 122 Å². The minimum absolute atomic E-state index is 0.0105. The first kappa shape index (κ1) is 25.3. The zero-order valence-corrected chi connectivity index (χ0v) is 20.4. The molecule has 1 fully saturated rings. The van der Waals surface area contributed by atoms with Gasteiger partial charge < -0.3 is 23.8 Å². The average Bonchev–Trinajstić information content (AvgIpc) is 2.92. The van der Waals surface area contributed by atoms with Gasteiger partial charge in [0.25, 0.3) is 0 Å². The number of fused-ring (bicyclic) bond motifs is 1. The van der Waals surface area contributed by atoms with E-state index < -0.39 is 0 Å². The Labute approximate surface area is 212 Å². The van der Waals surface area contributed by atoms with Gasteiger partial charge in [-0.1, -0.05) is 49.2 Å². The van der Waals surface area contributed by atoms with Gasteiger partial charge in [-0.25, -0.2) is 4.98 Å². The van der Waals surface area contributed by atoms with E-state index >= 15 is 0 Å². The van der Waals surface area contributed by atoms with Gasteiger partial charge in [-0.15, -0.1) is 15.0 Å². The predicted octanol–water partition coefficient (Wildman–Crippen LogP) is 2.34. The minimum Gasteiger partial charge on any atom is -0.460 e. The number of carbonyl (C=O) groups excluding carboxylic acids is 1. The quantitative estimate of drug-likeness (QED) is 0.264. The van der Waals surface area contributed by atoms with Crippen LogP contribution in [-0.2, 0) is 9.53 Å². The minimum atomic E-state index is -0.347. The second-order valence-electron chi connectivity index (χ2n) is 7.51. The number of thioether (sulfide) groups is 1. The molecule has 11 nitrogen and oxygen atoms in total. The van der Waals surface area contributed by atoms with Crippen LogP contribution < -0.4 is 14.2 Å². The van der Waals surface area contributed by atoms with E-state index in [1.54, 1.807) is 23.2 Å². The van der Waals surface area contributed by atoms with Gasteiger partial charge in [-0.2, -0.15) is 0 Å². The molecule has 188 valence electrons. The van der Waals surface area contributed by atoms with Gasteiger partial charge in [0.1, 0.15) is 31.0 Å². The molecule has 36 heavy (non-hydrogen) atoms. The highest BCUT2D eigenvalue weighted by molar-refractivity contribution is 7.99. The third kappa shape index (κ3) is 7.12. The molecule has 12 heteroatoms. The molecule has 0 bridgehead atoms. The molecule has 0 aliphatic carbocycles. The van der Waals surface area contributed by atoms with Gasteiger partial charge >= 0.3 is 18.0 Å². The molecule has 0 spiro atoms. The van der Waals surface area contributed by atoms with Crippen molar-refractivity contribution in [2.75, 3.05) is 45.3 Å². The highest BCUT2D eigenvalue weighted by Crippen LogP contribution is 2.20. The number of morpholine rings is 1. The summed E-state index contributed by atoms with van der Waals surface area (Å²) >= 11 is 1.36. The zero-order valence-electron chi connectivity index (χ0n) is 19.6. The van der Waals surface area contributed by atoms with Crippen LogP contribution in [0.15, 0.2) is 60.8 Å². The van der Waals surface area contributed by atoms with Crippen molar-refractivity contribution in [3.63, 3.8) is 0 Å². The number of benzene rings is 1. The van der Waals surface area contributed by atoms with Crippen LogP contribution in [0.25, 0.3) is 11.0 Å². The van der Waals surface area contributed by atoms with E-state index in [9.17, 15) is 4.79 Å². The lowest BCUT2D eigenvalue weighted by Crippen LogP contribution is -2.48. The molecule has 3 aromatic rings. The number of para-hydroxylation sites is 2. The van der Waals surface area contributed by atoms with Crippen LogP contribution in [0.4, 0.5) is 0 Å². The number of carbonyl (C=O) groups is 1. The van der Waals surface area contributed by atoms with Crippen molar-refractivity contribution in [2.24, 2.45) is 0 Å². The van der Waals surface area contributed by atoms with Gasteiger partial charge in [-0.3, -0.25) is 9.78 Å². The maximum absolute atomic E-state index is 12.8. The molecule has 1 amide bonds. The Morgan fingerprint density at radius 1 is 1.03 bits per heavy atom. The number of nitrogens with zero attached hydrogens (tertiary/aromatic N) is 6. The van der Waals surface area contributed by atoms with Crippen molar-refractivity contribution < 1.29 is 23.7 Å². The Morgan fingerprint density at radius 2 is 1.69 bits per heavy atom. The van der Waals surface area contributed by atoms with Gasteiger partial charge in [0.15, 0.2) is 0 Å². The van der Waals surface area contributed by atoms with E-state index in [2.05, 4.69) is 38.1 Å². The van der Waals surface area contributed by atoms with Crippen LogP contribution in [0, 0.1) is 0 Å². The third-order valence-electron chi connectivity index (χ3n) is 4.89. The van der Waals surface area contributed by atoms with E-state index in [0.717, 1.165) is 11.0 Å². The zero-order chi connectivity index (χ0) is 25.2. The van der Waals surface area contributed by atoms with Crippen LogP contribution in [0.1, 0.15) is 0 Å². The Morgan fingerprint density at radius 3 is 2.39 bits per heavy atom. The highest BCUT2D eigenvalue weighted by Gasteiger charge is 2.25. The Balaban J connectivity index is 1.30. The molecule has 1 unspecified atom stereocenters. The Kier molecular flexibility index (Phi) is 9.00. The third-order valence-corrected chi connectivity index (χ3v) is 5.78. The lowest BCUT2D eigenvalue weighted by Gasteiger charge is -2.32. The molecule has 3 heterocycles. The first-order valence-electron chi connectivity index (χ1n) is 11.2. The smallest absolute Gasteiger partial charge is 0.326 e. The van der Waals surface area contributed by atoms with Crippen LogP contribution in [0.5, 0.6) is 18.0 Å². The second-order valence-corrected chi connectivity index (χ2v) is 8.51. The molecule has 1 aliphatic rings. The van der Waals surface area contributed by atoms with E-state index in [0.29, 0.717) is 24.7 Å². The van der Waals surface area contributed by atoms with Crippen molar-refractivity contribution in [2.45, 2.75) is 11.1 Å². The molecule has 1 atom stereocenters. The Hall–Kier alpha value is -3.77. The summed E-state index contributed by atoms with van der Waals surface area (Å²) in [5.74, 6) is 0.242. The fraction of sp³-hybridized carbons (Fsp3) is 0.333. The Bertz CT molecular complexity index is 1180. The molecule has 0 saturated carbocycles. The number of hydrogen-bond acceptors (Lipinski definition) is 11. The van der Waals surface area contributed by atoms with Crippen molar-refractivity contribution in [1.29, 1.82) is 0 Å². The summed E-state index contributed by atoms with van der Waals surface area (Å²) in [4.78, 5) is 35.8. The first-order valence-corrected chi connectivity index (χ1v) is 12.2. The van der Waals surface area contributed by atoms with Gasteiger partial charge in [0, 0.05) is 6.54 Å². The number of ether oxygens (including phenoxy) is 4. The molecule has 1 saturated heterocycles. The summed E-state index contributed by atoms with van der Waals surface area (Å²) < 4.78 is 22.3. The molecule has 0 radical (unpaired) electrons. The summed E-state index contributed by atoms with van der Waals surface area (Å²) in [5.41, 5.74) is 1.62. The van der Waals surface area contributed by atoms with E-state index in [-0.39, 0.29) is 55.6 Å². The van der Waals surface area contributed by atoms with E-state index in [4.69, 9.17) is 18.9 Å². The van der Waals surface area contributed by atoms with Crippen LogP contribution in [0.2, 0.25) is 0 Å². The van der Waals surface area contributed by atoms with Gasteiger partial charge in [0.2, 0.25) is 5.91 Å². The monoisotopic (exact) mass is 510 g/mol. The molecule has 4 rings (SSSR count). The van der Waals surface area contributed by atoms with E-state index in [1.807, 2.05) is 24.3 Å². The fourth-order valence-electron chi connectivity index (χ4n) is 3.23. The number of amides is 1. The maximum atomic E-state index is 12.8. The summed E-state index contributed by atoms with van der Waals surface area (Å²) in [5, 5.41) is 0.703. The van der Waals surface area contributed by atoms with Crippen LogP contribution in [-0.4, -0.2) is 87.1 Å². The van der Waals surface area contributed by atoms with Gasteiger partial charge in [-0.05, 0) is 12.1 Å². The lowest BCUT2D eigenvalue weighted by atomic mass is 10.3. The first-order chi connectivity index (χ1) is 17.6. The maximum Gasteiger partial charge on any atom is 0.326 e. The van der Waals surface area contributed by atoms with Crippen molar-refractivity contribution in [1.82, 2.24) is 29.8 Å². The normalized spacial score (nSPS) is 15.3. The number of rotatable bonds is 12. The van der Waals surface area contributed by atoms with Gasteiger partial charge in [0.05, 0.1) is 36.1 Å². The molecular formula is C24H26N6O5S. The van der Waals surface area contributed by atoms with Crippen LogP contribution >= 0.6 is 11.8 Å². The molecule has 1 aliphatic heterocycles. The molecular weight excluding hydrogens is 484 g/mol. The number of hydrogen-bond donors (Lipinski definition) is 0. The second kappa shape index (κ2) is 12.8. The molecule has 0 N–H and O–H groups in total. The standard InChI is InChI=1S/C24H26N6O5S/c1-3-10-33-22-27-23(34-11-4-2)29-24(28-22)35-15-17-14-30(9-12-32-17)21(31)16-36-20-13-25-18-7-5-6-8-19(18)26-20/h3-8,13,17H,1-2,9-12,14-16H2. The summed E-state index contributed by atoms with van der Waals surface area (Å²) in [6.45, 7) is 9.07. The largest absolute Gasteiger partial charge is 0.460 e. The SMILES string of the molecule is C=CCOc1nc(OCC=C)nc(OCC2CN(C(=O)CSc3cnc4ccccc4n3)CCO2)n1. The van der Waals surface area contributed by atoms with E-state index in [1.165, 1.54) is 11.8 Å².